The van der Waals surface area contributed by atoms with Crippen molar-refractivity contribution in [1.82, 2.24) is 9.97 Å². The van der Waals surface area contributed by atoms with E-state index in [1.165, 1.54) is 11.1 Å². The predicted octanol–water partition coefficient (Wildman–Crippen LogP) is 9.23. The molecule has 3 nitrogen and oxygen atoms in total. The molecule has 0 bridgehead atoms. The van der Waals surface area contributed by atoms with Crippen LogP contribution in [0.15, 0.2) is 109 Å². The minimum atomic E-state index is -0.780. The number of fused-ring (bicyclic) bond motifs is 2. The van der Waals surface area contributed by atoms with Crippen LogP contribution in [0.2, 0.25) is 0 Å². The van der Waals surface area contributed by atoms with Gasteiger partial charge in [0, 0.05) is 22.9 Å². The van der Waals surface area contributed by atoms with Gasteiger partial charge in [0.25, 0.3) is 0 Å². The van der Waals surface area contributed by atoms with E-state index in [0.717, 1.165) is 45.3 Å². The van der Waals surface area contributed by atoms with Gasteiger partial charge in [0.05, 0.1) is 17.1 Å². The van der Waals surface area contributed by atoms with Crippen molar-refractivity contribution in [2.45, 2.75) is 57.8 Å². The number of pyridine rings is 2. The Kier molecular flexibility index (Phi) is 6.14. The Morgan fingerprint density at radius 2 is 1.15 bits per heavy atom. The Morgan fingerprint density at radius 3 is 1.70 bits per heavy atom. The normalized spacial score (nSPS) is 14.2. The highest BCUT2D eigenvalue weighted by atomic mass is 16.5. The van der Waals surface area contributed by atoms with Crippen LogP contribution in [0.1, 0.15) is 75.2 Å². The third-order valence-electron chi connectivity index (χ3n) is 7.97. The maximum atomic E-state index is 6.67. The first-order chi connectivity index (χ1) is 19.1. The second kappa shape index (κ2) is 9.45. The van der Waals surface area contributed by atoms with Crippen LogP contribution in [-0.4, -0.2) is 9.97 Å². The van der Waals surface area contributed by atoms with Gasteiger partial charge in [0.15, 0.2) is 0 Å². The first-order valence-corrected chi connectivity index (χ1v) is 14.0. The van der Waals surface area contributed by atoms with Crippen molar-refractivity contribution in [2.75, 3.05) is 0 Å². The Bertz CT molecular complexity index is 1610. The first kappa shape index (κ1) is 26.0. The maximum Gasteiger partial charge on any atom is 0.132 e. The number of benzene rings is 3. The van der Waals surface area contributed by atoms with Crippen LogP contribution >= 0.6 is 0 Å². The molecule has 3 heteroatoms. The number of hydrogen-bond acceptors (Lipinski definition) is 3. The molecule has 3 heterocycles. The smallest absolute Gasteiger partial charge is 0.132 e. The number of rotatable bonds is 3. The summed E-state index contributed by atoms with van der Waals surface area (Å²) in [6.45, 7) is 13.5. The zero-order chi connectivity index (χ0) is 28.1. The number of ether oxygens (including phenoxy) is 1. The molecule has 0 radical (unpaired) electrons. The molecular weight excluding hydrogens is 488 g/mol. The van der Waals surface area contributed by atoms with Crippen molar-refractivity contribution in [1.29, 1.82) is 0 Å². The van der Waals surface area contributed by atoms with Crippen LogP contribution in [0, 0.1) is 0 Å². The summed E-state index contributed by atoms with van der Waals surface area (Å²) in [6.07, 6.45) is 1.88. The summed E-state index contributed by atoms with van der Waals surface area (Å²) >= 11 is 0. The predicted molar refractivity (Wildman–Crippen MR) is 163 cm³/mol. The SMILES string of the molecule is CC(C)(C)c1ccc2c(c1)C(c1ccccn1)(c1cccc(-c3ccccc3)n1)c1cc(C(C)(C)C)ccc1O2. The zero-order valence-electron chi connectivity index (χ0n) is 24.2. The third-order valence-corrected chi connectivity index (χ3v) is 7.97. The van der Waals surface area contributed by atoms with E-state index < -0.39 is 5.41 Å². The molecule has 3 aromatic carbocycles. The van der Waals surface area contributed by atoms with Crippen LogP contribution in [0.25, 0.3) is 11.3 Å². The molecule has 0 spiro atoms. The molecule has 6 rings (SSSR count). The number of hydrogen-bond donors (Lipinski definition) is 0. The van der Waals surface area contributed by atoms with Gasteiger partial charge < -0.3 is 4.74 Å². The number of aromatic nitrogens is 2. The standard InChI is InChI=1S/C37H36N2O/c1-35(2,3)26-18-20-31-28(23-26)37(33-16-10-11-22-38-33,29-24-27(36(4,5)6)19-21-32(29)40-31)34-17-12-15-30(39-34)25-13-8-7-9-14-25/h7-24H,1-6H3. The van der Waals surface area contributed by atoms with Crippen molar-refractivity contribution in [2.24, 2.45) is 0 Å². The Morgan fingerprint density at radius 1 is 0.575 bits per heavy atom. The lowest BCUT2D eigenvalue weighted by Crippen LogP contribution is -2.37. The van der Waals surface area contributed by atoms with E-state index in [-0.39, 0.29) is 10.8 Å². The summed E-state index contributed by atoms with van der Waals surface area (Å²) in [5.74, 6) is 1.67. The van der Waals surface area contributed by atoms with E-state index in [0.29, 0.717) is 0 Å². The van der Waals surface area contributed by atoms with Crippen molar-refractivity contribution in [3.8, 4) is 22.8 Å². The van der Waals surface area contributed by atoms with Gasteiger partial charge in [-0.05, 0) is 70.5 Å². The molecular formula is C37H36N2O. The van der Waals surface area contributed by atoms with Crippen LogP contribution in [0.5, 0.6) is 11.5 Å². The zero-order valence-corrected chi connectivity index (χ0v) is 24.2. The fourth-order valence-corrected chi connectivity index (χ4v) is 5.70. The van der Waals surface area contributed by atoms with Crippen LogP contribution < -0.4 is 4.74 Å². The fraction of sp³-hybridized carbons (Fsp3) is 0.243. The van der Waals surface area contributed by atoms with Crippen LogP contribution in [0.4, 0.5) is 0 Å². The van der Waals surface area contributed by atoms with Gasteiger partial charge in [-0.25, -0.2) is 0 Å². The molecule has 0 atom stereocenters. The molecule has 0 saturated carbocycles. The summed E-state index contributed by atoms with van der Waals surface area (Å²) in [6, 6.07) is 36.1. The summed E-state index contributed by atoms with van der Waals surface area (Å²) in [4.78, 5) is 10.4. The Labute approximate surface area is 237 Å². The largest absolute Gasteiger partial charge is 0.457 e. The van der Waals surface area contributed by atoms with E-state index in [1.54, 1.807) is 0 Å². The molecule has 0 saturated heterocycles. The third kappa shape index (κ3) is 4.30. The average Bonchev–Trinajstić information content (AvgIpc) is 2.95. The van der Waals surface area contributed by atoms with E-state index in [2.05, 4.69) is 133 Å². The second-order valence-electron chi connectivity index (χ2n) is 12.8. The molecule has 200 valence electrons. The summed E-state index contributed by atoms with van der Waals surface area (Å²) < 4.78 is 6.67. The average molecular weight is 525 g/mol. The van der Waals surface area contributed by atoms with Gasteiger partial charge in [-0.1, -0.05) is 96.1 Å². The second-order valence-corrected chi connectivity index (χ2v) is 12.8. The van der Waals surface area contributed by atoms with Crippen LogP contribution in [0.3, 0.4) is 0 Å². The molecule has 1 aliphatic heterocycles. The maximum absolute atomic E-state index is 6.67. The first-order valence-electron chi connectivity index (χ1n) is 14.0. The lowest BCUT2D eigenvalue weighted by Gasteiger charge is -2.41. The molecule has 5 aromatic rings. The highest BCUT2D eigenvalue weighted by molar-refractivity contribution is 5.70. The van der Waals surface area contributed by atoms with Crippen molar-refractivity contribution >= 4 is 0 Å². The fourth-order valence-electron chi connectivity index (χ4n) is 5.70. The Balaban J connectivity index is 1.77. The van der Waals surface area contributed by atoms with Crippen molar-refractivity contribution in [3.63, 3.8) is 0 Å². The summed E-state index contributed by atoms with van der Waals surface area (Å²) in [5, 5.41) is 0. The van der Waals surface area contributed by atoms with E-state index in [9.17, 15) is 0 Å². The molecule has 1 aliphatic rings. The quantitative estimate of drug-likeness (QED) is 0.231. The van der Waals surface area contributed by atoms with E-state index in [4.69, 9.17) is 14.7 Å². The highest BCUT2D eigenvalue weighted by Gasteiger charge is 2.48. The van der Waals surface area contributed by atoms with Crippen LogP contribution in [-0.2, 0) is 16.2 Å². The summed E-state index contributed by atoms with van der Waals surface area (Å²) in [7, 11) is 0. The van der Waals surface area contributed by atoms with Gasteiger partial charge in [0.2, 0.25) is 0 Å². The van der Waals surface area contributed by atoms with Gasteiger partial charge in [-0.2, -0.15) is 0 Å². The minimum absolute atomic E-state index is 0.0439. The lowest BCUT2D eigenvalue weighted by atomic mass is 9.65. The Hall–Kier alpha value is -4.24. The van der Waals surface area contributed by atoms with Gasteiger partial charge in [-0.3, -0.25) is 9.97 Å². The van der Waals surface area contributed by atoms with Crippen molar-refractivity contribution in [3.05, 3.63) is 143 Å². The van der Waals surface area contributed by atoms with Gasteiger partial charge in [-0.15, -0.1) is 0 Å². The van der Waals surface area contributed by atoms with E-state index in [1.807, 2.05) is 18.3 Å². The van der Waals surface area contributed by atoms with E-state index >= 15 is 0 Å². The molecule has 40 heavy (non-hydrogen) atoms. The molecule has 0 unspecified atom stereocenters. The van der Waals surface area contributed by atoms with Gasteiger partial charge in [0.1, 0.15) is 16.9 Å². The molecule has 0 fully saturated rings. The van der Waals surface area contributed by atoms with Gasteiger partial charge >= 0.3 is 0 Å². The minimum Gasteiger partial charge on any atom is -0.457 e. The molecule has 0 N–H and O–H groups in total. The number of nitrogens with zero attached hydrogens (tertiary/aromatic N) is 2. The lowest BCUT2D eigenvalue weighted by molar-refractivity contribution is 0.426. The molecule has 0 aliphatic carbocycles. The van der Waals surface area contributed by atoms with Crippen molar-refractivity contribution < 1.29 is 4.74 Å². The molecule has 0 amide bonds. The molecule has 2 aromatic heterocycles. The highest BCUT2D eigenvalue weighted by Crippen LogP contribution is 2.55. The topological polar surface area (TPSA) is 35.0 Å². The summed E-state index contributed by atoms with van der Waals surface area (Å²) in [5.41, 5.74) is 7.61. The monoisotopic (exact) mass is 524 g/mol.